The largest absolute Gasteiger partial charge is 0.281 e. The van der Waals surface area contributed by atoms with Crippen LogP contribution < -0.4 is 0 Å². The molecule has 0 bridgehead atoms. The van der Waals surface area contributed by atoms with Gasteiger partial charge in [0.15, 0.2) is 0 Å². The van der Waals surface area contributed by atoms with E-state index in [-0.39, 0.29) is 11.7 Å². The molecule has 0 amide bonds. The van der Waals surface area contributed by atoms with Gasteiger partial charge in [-0.05, 0) is 44.9 Å². The van der Waals surface area contributed by atoms with E-state index in [1.165, 1.54) is 0 Å². The van der Waals surface area contributed by atoms with Crippen LogP contribution >= 0.6 is 33.3 Å². The van der Waals surface area contributed by atoms with Gasteiger partial charge in [0.05, 0.1) is 0 Å². The van der Waals surface area contributed by atoms with Crippen LogP contribution in [0.25, 0.3) is 0 Å². The summed E-state index contributed by atoms with van der Waals surface area (Å²) in [6, 6.07) is 7.41. The highest BCUT2D eigenvalue weighted by atomic mass is 35.7. The Labute approximate surface area is 84.6 Å². The molecule has 1 rings (SSSR count). The zero-order valence-corrected chi connectivity index (χ0v) is 8.42. The van der Waals surface area contributed by atoms with E-state index in [1.807, 2.05) is 24.3 Å². The van der Waals surface area contributed by atoms with Gasteiger partial charge in [0, 0.05) is 11.3 Å². The van der Waals surface area contributed by atoms with Gasteiger partial charge in [0.1, 0.15) is 0 Å². The van der Waals surface area contributed by atoms with E-state index in [9.17, 15) is 4.79 Å². The Morgan fingerprint density at radius 1 is 1.42 bits per heavy atom. The van der Waals surface area contributed by atoms with Crippen LogP contribution in [-0.2, 0) is 11.2 Å². The number of rotatable bonds is 3. The molecule has 0 aliphatic heterocycles. The SMILES string of the molecule is O=C(Cl)Cc1ccccc1SCl. The lowest BCUT2D eigenvalue weighted by Gasteiger charge is -2.01. The molecule has 0 N–H and O–H groups in total. The summed E-state index contributed by atoms with van der Waals surface area (Å²) in [4.78, 5) is 11.5. The van der Waals surface area contributed by atoms with Gasteiger partial charge in [-0.2, -0.15) is 0 Å². The lowest BCUT2D eigenvalue weighted by Crippen LogP contribution is -1.94. The topological polar surface area (TPSA) is 17.1 Å². The van der Waals surface area contributed by atoms with E-state index < -0.39 is 0 Å². The Hall–Kier alpha value is -0.180. The van der Waals surface area contributed by atoms with Crippen molar-refractivity contribution in [1.82, 2.24) is 0 Å². The predicted octanol–water partition coefficient (Wildman–Crippen LogP) is 3.24. The molecule has 4 heteroatoms. The van der Waals surface area contributed by atoms with Gasteiger partial charge in [-0.3, -0.25) is 4.79 Å². The lowest BCUT2D eigenvalue weighted by atomic mass is 10.2. The minimum absolute atomic E-state index is 0.234. The summed E-state index contributed by atoms with van der Waals surface area (Å²) in [5, 5.41) is -0.367. The Morgan fingerprint density at radius 2 is 2.08 bits per heavy atom. The zero-order valence-electron chi connectivity index (χ0n) is 6.09. The van der Waals surface area contributed by atoms with Crippen LogP contribution in [0.4, 0.5) is 0 Å². The van der Waals surface area contributed by atoms with Gasteiger partial charge >= 0.3 is 0 Å². The summed E-state index contributed by atoms with van der Waals surface area (Å²) in [6.07, 6.45) is 0.234. The molecule has 1 aromatic carbocycles. The van der Waals surface area contributed by atoms with Crippen molar-refractivity contribution in [3.63, 3.8) is 0 Å². The van der Waals surface area contributed by atoms with Crippen molar-refractivity contribution >= 4 is 38.5 Å². The summed E-state index contributed by atoms with van der Waals surface area (Å²) in [7, 11) is 6.68. The van der Waals surface area contributed by atoms with Gasteiger partial charge in [-0.25, -0.2) is 0 Å². The number of halogens is 2. The maximum absolute atomic E-state index is 10.6. The van der Waals surface area contributed by atoms with Crippen molar-refractivity contribution in [2.24, 2.45) is 0 Å². The molecule has 64 valence electrons. The van der Waals surface area contributed by atoms with Crippen molar-refractivity contribution in [2.45, 2.75) is 11.3 Å². The molecule has 0 unspecified atom stereocenters. The van der Waals surface area contributed by atoms with Gasteiger partial charge in [0.2, 0.25) is 5.24 Å². The summed E-state index contributed by atoms with van der Waals surface area (Å²) in [5.74, 6) is 0. The van der Waals surface area contributed by atoms with Crippen molar-refractivity contribution < 1.29 is 4.79 Å². The second-order valence-corrected chi connectivity index (χ2v) is 3.70. The normalized spacial score (nSPS) is 9.83. The Morgan fingerprint density at radius 3 is 2.67 bits per heavy atom. The Balaban J connectivity index is 2.89. The van der Waals surface area contributed by atoms with Crippen LogP contribution in [0, 0.1) is 0 Å². The molecule has 12 heavy (non-hydrogen) atoms. The monoisotopic (exact) mass is 220 g/mol. The minimum atomic E-state index is -0.367. The van der Waals surface area contributed by atoms with E-state index in [1.54, 1.807) is 0 Å². The molecule has 0 atom stereocenters. The van der Waals surface area contributed by atoms with Crippen LogP contribution in [0.3, 0.4) is 0 Å². The summed E-state index contributed by atoms with van der Waals surface area (Å²) < 4.78 is 0. The quantitative estimate of drug-likeness (QED) is 0.729. The third kappa shape index (κ3) is 2.70. The molecule has 0 radical (unpaired) electrons. The predicted molar refractivity (Wildman–Crippen MR) is 52.7 cm³/mol. The van der Waals surface area contributed by atoms with E-state index in [2.05, 4.69) is 0 Å². The number of benzene rings is 1. The highest BCUT2D eigenvalue weighted by Gasteiger charge is 2.04. The lowest BCUT2D eigenvalue weighted by molar-refractivity contribution is -0.111. The van der Waals surface area contributed by atoms with Crippen molar-refractivity contribution in [3.8, 4) is 0 Å². The van der Waals surface area contributed by atoms with Crippen LogP contribution in [-0.4, -0.2) is 5.24 Å². The summed E-state index contributed by atoms with van der Waals surface area (Å²) >= 11 is 5.25. The molecular formula is C8H6Cl2OS. The Bertz CT molecular complexity index is 288. The minimum Gasteiger partial charge on any atom is -0.281 e. The summed E-state index contributed by atoms with van der Waals surface area (Å²) in [5.41, 5.74) is 0.873. The molecule has 0 saturated carbocycles. The maximum Gasteiger partial charge on any atom is 0.226 e. The number of carbonyl (C=O) groups is 1. The molecule has 0 spiro atoms. The number of hydrogen-bond donors (Lipinski definition) is 0. The van der Waals surface area contributed by atoms with Gasteiger partial charge in [-0.15, -0.1) is 0 Å². The van der Waals surface area contributed by atoms with E-state index >= 15 is 0 Å². The smallest absolute Gasteiger partial charge is 0.226 e. The maximum atomic E-state index is 10.6. The molecule has 0 heterocycles. The molecule has 0 aromatic heterocycles. The number of carbonyl (C=O) groups excluding carboxylic acids is 1. The fourth-order valence-corrected chi connectivity index (χ4v) is 1.84. The highest BCUT2D eigenvalue weighted by molar-refractivity contribution is 8.21. The molecule has 0 saturated heterocycles. The standard InChI is InChI=1S/C8H6Cl2OS/c9-8(11)5-6-3-1-2-4-7(6)12-10/h1-4H,5H2. The third-order valence-electron chi connectivity index (χ3n) is 1.39. The fourth-order valence-electron chi connectivity index (χ4n) is 0.875. The second kappa shape index (κ2) is 4.75. The first-order chi connectivity index (χ1) is 5.74. The zero-order chi connectivity index (χ0) is 8.97. The first-order valence-electron chi connectivity index (χ1n) is 3.29. The molecule has 0 aliphatic rings. The van der Waals surface area contributed by atoms with Crippen molar-refractivity contribution in [2.75, 3.05) is 0 Å². The number of hydrogen-bond acceptors (Lipinski definition) is 2. The molecular weight excluding hydrogens is 215 g/mol. The van der Waals surface area contributed by atoms with Crippen LogP contribution in [0.2, 0.25) is 0 Å². The van der Waals surface area contributed by atoms with Crippen molar-refractivity contribution in [3.05, 3.63) is 29.8 Å². The fraction of sp³-hybridized carbons (Fsp3) is 0.125. The average molecular weight is 221 g/mol. The molecule has 1 nitrogen and oxygen atoms in total. The first-order valence-corrected chi connectivity index (χ1v) is 5.31. The van der Waals surface area contributed by atoms with E-state index in [4.69, 9.17) is 22.3 Å². The van der Waals surface area contributed by atoms with E-state index in [0.29, 0.717) is 0 Å². The van der Waals surface area contributed by atoms with Crippen molar-refractivity contribution in [1.29, 1.82) is 0 Å². The highest BCUT2D eigenvalue weighted by Crippen LogP contribution is 2.26. The van der Waals surface area contributed by atoms with E-state index in [0.717, 1.165) is 21.4 Å². The van der Waals surface area contributed by atoms with Crippen LogP contribution in [0.1, 0.15) is 5.56 Å². The van der Waals surface area contributed by atoms with Crippen LogP contribution in [0.5, 0.6) is 0 Å². The van der Waals surface area contributed by atoms with Crippen LogP contribution in [0.15, 0.2) is 29.2 Å². The third-order valence-corrected chi connectivity index (χ3v) is 2.58. The van der Waals surface area contributed by atoms with Gasteiger partial charge in [0.25, 0.3) is 0 Å². The van der Waals surface area contributed by atoms with Gasteiger partial charge < -0.3 is 0 Å². The van der Waals surface area contributed by atoms with Gasteiger partial charge in [-0.1, -0.05) is 18.2 Å². The summed E-state index contributed by atoms with van der Waals surface area (Å²) in [6.45, 7) is 0. The molecule has 1 aromatic rings. The average Bonchev–Trinajstić information content (AvgIpc) is 2.04. The Kier molecular flexibility index (Phi) is 3.92. The first kappa shape index (κ1) is 9.90. The second-order valence-electron chi connectivity index (χ2n) is 2.22. The molecule has 0 aliphatic carbocycles. The molecule has 0 fully saturated rings.